The Balaban J connectivity index is 1.27. The topological polar surface area (TPSA) is 100 Å². The van der Waals surface area contributed by atoms with E-state index in [9.17, 15) is 9.59 Å². The lowest BCUT2D eigenvalue weighted by molar-refractivity contribution is -0.116. The molecule has 0 saturated carbocycles. The maximum absolute atomic E-state index is 13.1. The summed E-state index contributed by atoms with van der Waals surface area (Å²) < 4.78 is 6.97. The second-order valence-electron chi connectivity index (χ2n) is 9.99. The summed E-state index contributed by atoms with van der Waals surface area (Å²) >= 11 is 3.26. The maximum atomic E-state index is 13.1. The third kappa shape index (κ3) is 7.45. The highest BCUT2D eigenvalue weighted by atomic mass is 32.2. The van der Waals surface area contributed by atoms with Crippen LogP contribution >= 0.6 is 23.1 Å². The summed E-state index contributed by atoms with van der Waals surface area (Å²) in [5.41, 5.74) is 1.52. The zero-order valence-electron chi connectivity index (χ0n) is 21.5. The van der Waals surface area contributed by atoms with Gasteiger partial charge in [0.1, 0.15) is 5.76 Å². The number of nitrogens with zero attached hydrogens (tertiary/aromatic N) is 3. The molecule has 196 valence electrons. The van der Waals surface area contributed by atoms with Gasteiger partial charge in [0, 0.05) is 36.7 Å². The van der Waals surface area contributed by atoms with Crippen LogP contribution in [0.5, 0.6) is 0 Å². The zero-order valence-corrected chi connectivity index (χ0v) is 23.1. The smallest absolute Gasteiger partial charge is 0.253 e. The Morgan fingerprint density at radius 3 is 2.73 bits per heavy atom. The SMILES string of the molecule is C=CC(=O)NCc1ccc(C(=O)N2CCC[C@@H](Nc3ncc(SCc4ncc(C(C)(C)C)o4)s3)C2)cc1. The van der Waals surface area contributed by atoms with Crippen molar-refractivity contribution in [2.24, 2.45) is 0 Å². The third-order valence-electron chi connectivity index (χ3n) is 6.00. The monoisotopic (exact) mass is 539 g/mol. The third-order valence-corrected chi connectivity index (χ3v) is 8.11. The van der Waals surface area contributed by atoms with Gasteiger partial charge in [0.2, 0.25) is 11.8 Å². The Morgan fingerprint density at radius 2 is 2.03 bits per heavy atom. The van der Waals surface area contributed by atoms with Crippen molar-refractivity contribution in [1.29, 1.82) is 0 Å². The van der Waals surface area contributed by atoms with Crippen LogP contribution in [-0.4, -0.2) is 45.8 Å². The predicted octanol–water partition coefficient (Wildman–Crippen LogP) is 5.24. The number of carbonyl (C=O) groups is 2. The van der Waals surface area contributed by atoms with E-state index in [1.807, 2.05) is 41.6 Å². The first kappa shape index (κ1) is 26.9. The number of hydrogen-bond acceptors (Lipinski definition) is 8. The van der Waals surface area contributed by atoms with Gasteiger partial charge in [0.25, 0.3) is 5.91 Å². The van der Waals surface area contributed by atoms with Crippen LogP contribution in [0.3, 0.4) is 0 Å². The summed E-state index contributed by atoms with van der Waals surface area (Å²) in [6, 6.07) is 7.52. The van der Waals surface area contributed by atoms with Crippen LogP contribution in [0.4, 0.5) is 5.13 Å². The molecule has 1 aliphatic rings. The minimum Gasteiger partial charge on any atom is -0.444 e. The zero-order chi connectivity index (χ0) is 26.4. The van der Waals surface area contributed by atoms with Crippen molar-refractivity contribution in [3.63, 3.8) is 0 Å². The molecule has 1 aromatic carbocycles. The number of amides is 2. The number of rotatable bonds is 9. The van der Waals surface area contributed by atoms with Crippen molar-refractivity contribution < 1.29 is 14.0 Å². The number of hydrogen-bond donors (Lipinski definition) is 2. The molecule has 0 radical (unpaired) electrons. The number of oxazole rings is 1. The standard InChI is InChI=1S/C27H33N5O3S2/c1-5-22(33)28-13-18-8-10-19(11-9-18)25(34)32-12-6-7-20(16-32)31-26-30-15-24(37-26)36-17-23-29-14-21(35-23)27(2,3)4/h5,8-11,14-15,20H,1,6-7,12-13,16-17H2,2-4H3,(H,28,33)(H,30,31)/t20-/m1/s1. The fourth-order valence-electron chi connectivity index (χ4n) is 3.91. The molecule has 1 atom stereocenters. The Morgan fingerprint density at radius 1 is 1.24 bits per heavy atom. The van der Waals surface area contributed by atoms with Crippen LogP contribution in [0, 0.1) is 0 Å². The van der Waals surface area contributed by atoms with Gasteiger partial charge in [-0.3, -0.25) is 9.59 Å². The van der Waals surface area contributed by atoms with Crippen LogP contribution in [0.25, 0.3) is 0 Å². The number of nitrogens with one attached hydrogen (secondary N) is 2. The quantitative estimate of drug-likeness (QED) is 0.283. The van der Waals surface area contributed by atoms with Gasteiger partial charge in [-0.2, -0.15) is 0 Å². The summed E-state index contributed by atoms with van der Waals surface area (Å²) in [5, 5.41) is 7.11. The van der Waals surface area contributed by atoms with Crippen molar-refractivity contribution in [2.75, 3.05) is 18.4 Å². The van der Waals surface area contributed by atoms with E-state index in [0.717, 1.165) is 40.1 Å². The number of likely N-dealkylation sites (tertiary alicyclic amines) is 1. The first-order chi connectivity index (χ1) is 17.7. The summed E-state index contributed by atoms with van der Waals surface area (Å²) in [6.07, 6.45) is 6.84. The van der Waals surface area contributed by atoms with Gasteiger partial charge in [0.15, 0.2) is 5.13 Å². The van der Waals surface area contributed by atoms with Gasteiger partial charge in [-0.1, -0.05) is 50.8 Å². The van der Waals surface area contributed by atoms with E-state index in [0.29, 0.717) is 30.3 Å². The molecule has 2 amide bonds. The molecule has 0 spiro atoms. The lowest BCUT2D eigenvalue weighted by Crippen LogP contribution is -2.45. The minimum absolute atomic E-state index is 0.0177. The molecule has 4 rings (SSSR count). The Bertz CT molecular complexity index is 1230. The van der Waals surface area contributed by atoms with Gasteiger partial charge >= 0.3 is 0 Å². The summed E-state index contributed by atoms with van der Waals surface area (Å²) in [7, 11) is 0. The molecule has 2 aromatic heterocycles. The van der Waals surface area contributed by atoms with E-state index in [-0.39, 0.29) is 23.3 Å². The lowest BCUT2D eigenvalue weighted by Gasteiger charge is -2.33. The Labute approximate surface area is 226 Å². The second-order valence-corrected chi connectivity index (χ2v) is 12.3. The number of anilines is 1. The van der Waals surface area contributed by atoms with Gasteiger partial charge in [-0.25, -0.2) is 9.97 Å². The van der Waals surface area contributed by atoms with Crippen LogP contribution in [0.2, 0.25) is 0 Å². The molecule has 1 aliphatic heterocycles. The molecule has 0 unspecified atom stereocenters. The normalized spacial score (nSPS) is 15.9. The molecule has 3 heterocycles. The Kier molecular flexibility index (Phi) is 8.71. The van der Waals surface area contributed by atoms with Crippen molar-refractivity contribution in [2.45, 2.75) is 61.6 Å². The molecule has 8 nitrogen and oxygen atoms in total. The fourth-order valence-corrected chi connectivity index (χ4v) is 5.72. The van der Waals surface area contributed by atoms with E-state index >= 15 is 0 Å². The molecule has 1 saturated heterocycles. The van der Waals surface area contributed by atoms with E-state index in [4.69, 9.17) is 4.42 Å². The molecule has 1 fully saturated rings. The molecule has 2 N–H and O–H groups in total. The number of piperidine rings is 1. The molecule has 10 heteroatoms. The van der Waals surface area contributed by atoms with E-state index in [1.165, 1.54) is 6.08 Å². The number of thioether (sulfide) groups is 1. The van der Waals surface area contributed by atoms with Crippen molar-refractivity contribution >= 4 is 40.0 Å². The van der Waals surface area contributed by atoms with Gasteiger partial charge in [-0.15, -0.1) is 11.8 Å². The summed E-state index contributed by atoms with van der Waals surface area (Å²) in [5.74, 6) is 2.06. The first-order valence-corrected chi connectivity index (χ1v) is 14.1. The highest BCUT2D eigenvalue weighted by Crippen LogP contribution is 2.32. The summed E-state index contributed by atoms with van der Waals surface area (Å²) in [4.78, 5) is 35.3. The average Bonchev–Trinajstić information content (AvgIpc) is 3.56. The van der Waals surface area contributed by atoms with Gasteiger partial charge < -0.3 is 20.0 Å². The lowest BCUT2D eigenvalue weighted by atomic mass is 9.94. The molecular formula is C27H33N5O3S2. The van der Waals surface area contributed by atoms with Gasteiger partial charge in [0.05, 0.1) is 22.4 Å². The highest BCUT2D eigenvalue weighted by Gasteiger charge is 2.25. The molecule has 37 heavy (non-hydrogen) atoms. The predicted molar refractivity (Wildman–Crippen MR) is 148 cm³/mol. The van der Waals surface area contributed by atoms with Crippen LogP contribution in [-0.2, 0) is 22.5 Å². The number of carbonyl (C=O) groups excluding carboxylic acids is 2. The number of aromatic nitrogens is 2. The molecule has 3 aromatic rings. The van der Waals surface area contributed by atoms with Crippen molar-refractivity contribution in [3.8, 4) is 0 Å². The number of benzene rings is 1. The molecule has 0 aliphatic carbocycles. The van der Waals surface area contributed by atoms with Crippen LogP contribution in [0.1, 0.15) is 61.2 Å². The largest absolute Gasteiger partial charge is 0.444 e. The molecule has 0 bridgehead atoms. The minimum atomic E-state index is -0.220. The van der Waals surface area contributed by atoms with E-state index < -0.39 is 0 Å². The average molecular weight is 540 g/mol. The fraction of sp³-hybridized carbons (Fsp3) is 0.407. The molecular weight excluding hydrogens is 506 g/mol. The van der Waals surface area contributed by atoms with Crippen molar-refractivity contribution in [1.82, 2.24) is 20.2 Å². The van der Waals surface area contributed by atoms with Crippen LogP contribution in [0.15, 0.2) is 57.9 Å². The maximum Gasteiger partial charge on any atom is 0.253 e. The van der Waals surface area contributed by atoms with Crippen molar-refractivity contribution in [3.05, 3.63) is 72.1 Å². The van der Waals surface area contributed by atoms with Gasteiger partial charge in [-0.05, 0) is 36.6 Å². The summed E-state index contributed by atoms with van der Waals surface area (Å²) in [6.45, 7) is 11.5. The van der Waals surface area contributed by atoms with E-state index in [1.54, 1.807) is 23.1 Å². The highest BCUT2D eigenvalue weighted by molar-refractivity contribution is 8.00. The Hall–Kier alpha value is -3.11. The van der Waals surface area contributed by atoms with E-state index in [2.05, 4.69) is 48.0 Å². The second kappa shape index (κ2) is 12.0. The van der Waals surface area contributed by atoms with Crippen LogP contribution < -0.4 is 10.6 Å². The number of thiazole rings is 1. The first-order valence-electron chi connectivity index (χ1n) is 12.3.